The molecule has 0 atom stereocenters. The van der Waals surface area contributed by atoms with Gasteiger partial charge >= 0.3 is 5.97 Å². The van der Waals surface area contributed by atoms with Crippen molar-refractivity contribution in [1.29, 1.82) is 0 Å². The van der Waals surface area contributed by atoms with E-state index in [-0.39, 0.29) is 6.61 Å². The molecule has 0 amide bonds. The first-order valence-corrected chi connectivity index (χ1v) is 13.5. The van der Waals surface area contributed by atoms with Gasteiger partial charge < -0.3 is 9.47 Å². The van der Waals surface area contributed by atoms with Crippen LogP contribution in [0.1, 0.15) is 34.1 Å². The number of halogens is 1. The molecule has 2 aromatic heterocycles. The normalized spacial score (nSPS) is 11.4. The predicted molar refractivity (Wildman–Crippen MR) is 153 cm³/mol. The number of benzene rings is 3. The third kappa shape index (κ3) is 6.02. The zero-order chi connectivity index (χ0) is 26.3. The highest BCUT2D eigenvalue weighted by Gasteiger charge is 2.22. The second-order valence-electron chi connectivity index (χ2n) is 8.50. The molecule has 0 aliphatic heterocycles. The third-order valence-corrected chi connectivity index (χ3v) is 7.07. The van der Waals surface area contributed by atoms with Gasteiger partial charge in [-0.1, -0.05) is 83.6 Å². The molecule has 0 radical (unpaired) electrons. The zero-order valence-corrected chi connectivity index (χ0v) is 22.4. The number of thiazole rings is 1. The fourth-order valence-electron chi connectivity index (χ4n) is 3.99. The Morgan fingerprint density at radius 1 is 1.08 bits per heavy atom. The lowest BCUT2D eigenvalue weighted by molar-refractivity contribution is 0.0532. The lowest BCUT2D eigenvalue weighted by atomic mass is 10.1. The highest BCUT2D eigenvalue weighted by Crippen LogP contribution is 2.33. The van der Waals surface area contributed by atoms with Crippen molar-refractivity contribution >= 4 is 46.0 Å². The number of hydrogen-bond donors (Lipinski definition) is 0. The zero-order valence-electron chi connectivity index (χ0n) is 20.8. The Morgan fingerprint density at radius 3 is 2.76 bits per heavy atom. The van der Waals surface area contributed by atoms with E-state index in [4.69, 9.17) is 26.1 Å². The third-order valence-electron chi connectivity index (χ3n) is 5.80. The van der Waals surface area contributed by atoms with Crippen LogP contribution in [-0.4, -0.2) is 33.7 Å². The number of imidazole rings is 1. The van der Waals surface area contributed by atoms with Gasteiger partial charge in [-0.05, 0) is 48.7 Å². The minimum absolute atomic E-state index is 0.280. The molecular weight excluding hydrogens is 518 g/mol. The van der Waals surface area contributed by atoms with Crippen LogP contribution in [0.2, 0.25) is 5.02 Å². The number of esters is 1. The Labute approximate surface area is 230 Å². The number of fused-ring (bicyclic) bond motifs is 1. The van der Waals surface area contributed by atoms with Crippen LogP contribution >= 0.6 is 22.9 Å². The van der Waals surface area contributed by atoms with Crippen LogP contribution in [0.25, 0.3) is 33.5 Å². The highest BCUT2D eigenvalue weighted by molar-refractivity contribution is 7.16. The van der Waals surface area contributed by atoms with Crippen LogP contribution in [0.15, 0.2) is 85.2 Å². The summed E-state index contributed by atoms with van der Waals surface area (Å²) in [4.78, 5) is 22.6. The summed E-state index contributed by atoms with van der Waals surface area (Å²) in [7, 11) is 0. The van der Waals surface area contributed by atoms with E-state index in [1.54, 1.807) is 25.4 Å². The molecule has 0 aliphatic carbocycles. The summed E-state index contributed by atoms with van der Waals surface area (Å²) in [6.07, 6.45) is 6.71. The first-order valence-electron chi connectivity index (χ1n) is 12.3. The van der Waals surface area contributed by atoms with Gasteiger partial charge in [-0.25, -0.2) is 14.8 Å². The molecule has 0 N–H and O–H groups in total. The van der Waals surface area contributed by atoms with Crippen molar-refractivity contribution in [1.82, 2.24) is 14.5 Å². The number of carbonyl (C=O) groups excluding carboxylic acids is 1. The van der Waals surface area contributed by atoms with Crippen molar-refractivity contribution in [2.45, 2.75) is 20.0 Å². The second-order valence-corrected chi connectivity index (χ2v) is 9.91. The van der Waals surface area contributed by atoms with Crippen LogP contribution in [0.4, 0.5) is 0 Å². The molecule has 0 spiro atoms. The molecule has 6 nitrogen and oxygen atoms in total. The summed E-state index contributed by atoms with van der Waals surface area (Å²) in [6, 6.07) is 23.5. The molecule has 0 unspecified atom stereocenters. The molecule has 192 valence electrons. The smallest absolute Gasteiger partial charge is 0.350 e. The summed E-state index contributed by atoms with van der Waals surface area (Å²) < 4.78 is 13.0. The van der Waals surface area contributed by atoms with Crippen molar-refractivity contribution in [2.75, 3.05) is 13.2 Å². The SMILES string of the molecule is CCOC(=O)c1sc(-n2cnc3ccc(C=CCCOCc4ccccc4)cc32)nc1-c1cccc(Cl)c1. The maximum absolute atomic E-state index is 12.8. The minimum Gasteiger partial charge on any atom is -0.462 e. The van der Waals surface area contributed by atoms with Crippen LogP contribution in [-0.2, 0) is 16.1 Å². The Hall–Kier alpha value is -3.78. The maximum Gasteiger partial charge on any atom is 0.350 e. The Kier molecular flexibility index (Phi) is 8.28. The average molecular weight is 544 g/mol. The van der Waals surface area contributed by atoms with Crippen molar-refractivity contribution in [3.8, 4) is 16.4 Å². The van der Waals surface area contributed by atoms with Crippen LogP contribution in [0, 0.1) is 0 Å². The Morgan fingerprint density at radius 2 is 1.95 bits per heavy atom. The van der Waals surface area contributed by atoms with Gasteiger partial charge in [0.2, 0.25) is 0 Å². The topological polar surface area (TPSA) is 66.2 Å². The first kappa shape index (κ1) is 25.9. The molecule has 0 saturated heterocycles. The summed E-state index contributed by atoms with van der Waals surface area (Å²) in [5.41, 5.74) is 5.24. The summed E-state index contributed by atoms with van der Waals surface area (Å²) >= 11 is 7.49. The first-order chi connectivity index (χ1) is 18.6. The molecular formula is C30H26ClN3O3S. The van der Waals surface area contributed by atoms with Crippen LogP contribution < -0.4 is 0 Å². The Balaban J connectivity index is 1.36. The maximum atomic E-state index is 12.8. The average Bonchev–Trinajstić information content (AvgIpc) is 3.56. The minimum atomic E-state index is -0.409. The summed E-state index contributed by atoms with van der Waals surface area (Å²) in [5.74, 6) is -0.409. The van der Waals surface area contributed by atoms with Crippen molar-refractivity contribution in [2.24, 2.45) is 0 Å². The number of hydrogen-bond acceptors (Lipinski definition) is 6. The van der Waals surface area contributed by atoms with Crippen molar-refractivity contribution in [3.63, 3.8) is 0 Å². The van der Waals surface area contributed by atoms with Crippen LogP contribution in [0.3, 0.4) is 0 Å². The van der Waals surface area contributed by atoms with E-state index in [1.807, 2.05) is 47.0 Å². The van der Waals surface area contributed by atoms with E-state index < -0.39 is 5.97 Å². The number of carbonyl (C=O) groups is 1. The van der Waals surface area contributed by atoms with Gasteiger partial charge in [0.05, 0.1) is 36.5 Å². The quantitative estimate of drug-likeness (QED) is 0.134. The molecule has 5 rings (SSSR count). The molecule has 0 bridgehead atoms. The molecule has 5 aromatic rings. The Bertz CT molecular complexity index is 1580. The molecule has 0 saturated carbocycles. The molecule has 8 heteroatoms. The molecule has 2 heterocycles. The number of aromatic nitrogens is 3. The number of nitrogens with zero attached hydrogens (tertiary/aromatic N) is 3. The van der Waals surface area contributed by atoms with Gasteiger partial charge in [0.1, 0.15) is 11.2 Å². The van der Waals surface area contributed by atoms with E-state index in [9.17, 15) is 4.79 Å². The predicted octanol–water partition coefficient (Wildman–Crippen LogP) is 7.60. The largest absolute Gasteiger partial charge is 0.462 e. The fourth-order valence-corrected chi connectivity index (χ4v) is 5.15. The molecule has 0 fully saturated rings. The summed E-state index contributed by atoms with van der Waals surface area (Å²) in [6.45, 7) is 3.32. The monoisotopic (exact) mass is 543 g/mol. The van der Waals surface area contributed by atoms with Gasteiger partial charge in [0.15, 0.2) is 5.13 Å². The second kappa shape index (κ2) is 12.2. The van der Waals surface area contributed by atoms with E-state index in [0.29, 0.717) is 33.9 Å². The van der Waals surface area contributed by atoms with Gasteiger partial charge in [-0.3, -0.25) is 4.57 Å². The summed E-state index contributed by atoms with van der Waals surface area (Å²) in [5, 5.41) is 1.20. The van der Waals surface area contributed by atoms with E-state index in [1.165, 1.54) is 16.9 Å². The van der Waals surface area contributed by atoms with E-state index in [0.717, 1.165) is 28.6 Å². The van der Waals surface area contributed by atoms with Crippen molar-refractivity contribution < 1.29 is 14.3 Å². The highest BCUT2D eigenvalue weighted by atomic mass is 35.5. The van der Waals surface area contributed by atoms with Crippen LogP contribution in [0.5, 0.6) is 0 Å². The molecule has 38 heavy (non-hydrogen) atoms. The van der Waals surface area contributed by atoms with Gasteiger partial charge in [0.25, 0.3) is 0 Å². The molecule has 3 aromatic carbocycles. The van der Waals surface area contributed by atoms with E-state index in [2.05, 4.69) is 35.3 Å². The van der Waals surface area contributed by atoms with Gasteiger partial charge in [0, 0.05) is 10.6 Å². The van der Waals surface area contributed by atoms with Gasteiger partial charge in [-0.2, -0.15) is 0 Å². The van der Waals surface area contributed by atoms with Crippen molar-refractivity contribution in [3.05, 3.63) is 106 Å². The number of ether oxygens (including phenoxy) is 2. The lowest BCUT2D eigenvalue weighted by Gasteiger charge is -2.03. The lowest BCUT2D eigenvalue weighted by Crippen LogP contribution is -2.03. The molecule has 0 aliphatic rings. The van der Waals surface area contributed by atoms with E-state index >= 15 is 0 Å². The number of rotatable bonds is 10. The fraction of sp³-hybridized carbons (Fsp3) is 0.167. The van der Waals surface area contributed by atoms with Gasteiger partial charge in [-0.15, -0.1) is 0 Å². The standard InChI is InChI=1S/C30H26ClN3O3S/c1-2-37-29(35)28-27(23-12-8-13-24(31)18-23)33-30(38-28)34-20-32-25-15-14-21(17-26(25)34)9-6-7-16-36-19-22-10-4-3-5-11-22/h3-6,8-15,17-18,20H,2,7,16,19H2,1H3.